The number of carbonyl (C=O) groups is 1. The Balaban J connectivity index is 1.17. The smallest absolute Gasteiger partial charge is 0.315 e. The zero-order valence-corrected chi connectivity index (χ0v) is 19.5. The zero-order chi connectivity index (χ0) is 22.5. The number of carbonyl (C=O) groups excluding carboxylic acids is 1. The summed E-state index contributed by atoms with van der Waals surface area (Å²) >= 11 is 6.17. The van der Waals surface area contributed by atoms with Crippen molar-refractivity contribution >= 4 is 23.3 Å². The molecule has 2 amide bonds. The van der Waals surface area contributed by atoms with Gasteiger partial charge in [-0.15, -0.1) is 0 Å². The number of urea groups is 1. The van der Waals surface area contributed by atoms with Gasteiger partial charge in [0.2, 0.25) is 0 Å². The Morgan fingerprint density at radius 1 is 1.19 bits per heavy atom. The van der Waals surface area contributed by atoms with Gasteiger partial charge < -0.3 is 25.0 Å². The fourth-order valence-corrected chi connectivity index (χ4v) is 4.46. The van der Waals surface area contributed by atoms with Gasteiger partial charge in [-0.1, -0.05) is 17.7 Å². The Hall–Kier alpha value is -2.64. The molecule has 0 spiro atoms. The van der Waals surface area contributed by atoms with Crippen LogP contribution in [0, 0.1) is 6.92 Å². The Kier molecular flexibility index (Phi) is 7.27. The normalized spacial score (nSPS) is 18.5. The van der Waals surface area contributed by atoms with E-state index in [1.54, 1.807) is 7.11 Å². The van der Waals surface area contributed by atoms with Crippen molar-refractivity contribution < 1.29 is 14.3 Å². The molecule has 4 rings (SSSR count). The lowest BCUT2D eigenvalue weighted by molar-refractivity contribution is 0.210. The van der Waals surface area contributed by atoms with Gasteiger partial charge in [0, 0.05) is 50.0 Å². The van der Waals surface area contributed by atoms with Gasteiger partial charge in [-0.25, -0.2) is 4.79 Å². The Labute approximate surface area is 194 Å². The molecule has 0 bridgehead atoms. The number of aryl methyl sites for hydroxylation is 1. The lowest BCUT2D eigenvalue weighted by atomic mass is 10.0. The zero-order valence-electron chi connectivity index (χ0n) is 18.7. The minimum atomic E-state index is -0.155. The van der Waals surface area contributed by atoms with Crippen LogP contribution in [0.25, 0.3) is 0 Å². The summed E-state index contributed by atoms with van der Waals surface area (Å²) in [5, 5.41) is 6.77. The topological polar surface area (TPSA) is 66.1 Å². The highest BCUT2D eigenvalue weighted by atomic mass is 35.5. The molecular weight excluding hydrogens is 428 g/mol. The minimum Gasteiger partial charge on any atom is -0.497 e. The van der Waals surface area contributed by atoms with E-state index in [4.69, 9.17) is 21.1 Å². The van der Waals surface area contributed by atoms with Gasteiger partial charge >= 0.3 is 6.03 Å². The third-order valence-corrected chi connectivity index (χ3v) is 6.34. The molecule has 1 atom stereocenters. The maximum atomic E-state index is 12.4. The van der Waals surface area contributed by atoms with Crippen molar-refractivity contribution in [2.24, 2.45) is 0 Å². The van der Waals surface area contributed by atoms with E-state index < -0.39 is 0 Å². The van der Waals surface area contributed by atoms with E-state index in [1.165, 1.54) is 11.3 Å². The van der Waals surface area contributed by atoms with Gasteiger partial charge in [-0.3, -0.25) is 4.90 Å². The van der Waals surface area contributed by atoms with Crippen LogP contribution in [0.4, 0.5) is 10.5 Å². The first-order valence-electron chi connectivity index (χ1n) is 11.1. The van der Waals surface area contributed by atoms with E-state index in [-0.39, 0.29) is 12.1 Å². The lowest BCUT2D eigenvalue weighted by Crippen LogP contribution is -2.51. The number of amides is 2. The van der Waals surface area contributed by atoms with Gasteiger partial charge in [0.25, 0.3) is 0 Å². The van der Waals surface area contributed by atoms with Crippen LogP contribution in [0.5, 0.6) is 11.5 Å². The third kappa shape index (κ3) is 5.58. The van der Waals surface area contributed by atoms with E-state index in [2.05, 4.69) is 33.4 Å². The summed E-state index contributed by atoms with van der Waals surface area (Å²) in [6.07, 6.45) is 0.727. The predicted molar refractivity (Wildman–Crippen MR) is 127 cm³/mol. The first kappa shape index (κ1) is 22.6. The molecule has 2 aromatic carbocycles. The van der Waals surface area contributed by atoms with E-state index in [1.807, 2.05) is 30.3 Å². The average molecular weight is 459 g/mol. The fourth-order valence-electron chi connectivity index (χ4n) is 4.29. The SMILES string of the molecule is COc1ccc2c(c1)CC(NC(=O)NCCN1CCN(c3cc(Cl)ccc3C)CC1)CO2. The van der Waals surface area contributed by atoms with Crippen molar-refractivity contribution in [3.8, 4) is 11.5 Å². The van der Waals surface area contributed by atoms with Crippen LogP contribution in [0.3, 0.4) is 0 Å². The molecule has 2 aliphatic heterocycles. The van der Waals surface area contributed by atoms with Crippen LogP contribution in [-0.2, 0) is 6.42 Å². The van der Waals surface area contributed by atoms with Crippen molar-refractivity contribution in [3.63, 3.8) is 0 Å². The highest BCUT2D eigenvalue weighted by Crippen LogP contribution is 2.28. The molecule has 0 aliphatic carbocycles. The fraction of sp³-hybridized carbons (Fsp3) is 0.458. The molecule has 172 valence electrons. The summed E-state index contributed by atoms with van der Waals surface area (Å²) in [7, 11) is 1.65. The number of methoxy groups -OCH3 is 1. The molecule has 2 heterocycles. The number of ether oxygens (including phenoxy) is 2. The van der Waals surface area contributed by atoms with E-state index in [0.29, 0.717) is 13.2 Å². The standard InChI is InChI=1S/C24H31ClN4O3/c1-17-3-4-19(25)15-22(17)29-11-9-28(10-12-29)8-7-26-24(30)27-20-13-18-14-21(31-2)5-6-23(18)32-16-20/h3-6,14-15,20H,7-13,16H2,1-2H3,(H2,26,27,30). The summed E-state index contributed by atoms with van der Waals surface area (Å²) < 4.78 is 11.1. The minimum absolute atomic E-state index is 0.0564. The van der Waals surface area contributed by atoms with Gasteiger partial charge in [0.05, 0.1) is 13.2 Å². The number of fused-ring (bicyclic) bond motifs is 1. The average Bonchev–Trinajstić information content (AvgIpc) is 2.80. The summed E-state index contributed by atoms with van der Waals surface area (Å²) in [5.41, 5.74) is 3.51. The van der Waals surface area contributed by atoms with E-state index in [0.717, 1.165) is 61.2 Å². The number of hydrogen-bond acceptors (Lipinski definition) is 5. The molecule has 2 aliphatic rings. The summed E-state index contributed by atoms with van der Waals surface area (Å²) in [4.78, 5) is 17.1. The van der Waals surface area contributed by atoms with Crippen molar-refractivity contribution in [2.45, 2.75) is 19.4 Å². The number of nitrogens with one attached hydrogen (secondary N) is 2. The van der Waals surface area contributed by atoms with Crippen LogP contribution < -0.4 is 25.0 Å². The highest BCUT2D eigenvalue weighted by Gasteiger charge is 2.22. The number of nitrogens with zero attached hydrogens (tertiary/aromatic N) is 2. The second kappa shape index (κ2) is 10.3. The van der Waals surface area contributed by atoms with Crippen LogP contribution >= 0.6 is 11.6 Å². The lowest BCUT2D eigenvalue weighted by Gasteiger charge is -2.37. The molecule has 1 saturated heterocycles. The van der Waals surface area contributed by atoms with Crippen molar-refractivity contribution in [1.29, 1.82) is 0 Å². The second-order valence-corrected chi connectivity index (χ2v) is 8.78. The van der Waals surface area contributed by atoms with Crippen LogP contribution in [-0.4, -0.2) is 70.0 Å². The van der Waals surface area contributed by atoms with Gasteiger partial charge in [0.1, 0.15) is 18.1 Å². The molecule has 8 heteroatoms. The molecule has 7 nitrogen and oxygen atoms in total. The maximum Gasteiger partial charge on any atom is 0.315 e. The van der Waals surface area contributed by atoms with Crippen molar-refractivity contribution in [2.75, 3.05) is 57.9 Å². The Morgan fingerprint density at radius 3 is 2.78 bits per heavy atom. The van der Waals surface area contributed by atoms with Crippen LogP contribution in [0.2, 0.25) is 5.02 Å². The predicted octanol–water partition coefficient (Wildman–Crippen LogP) is 3.08. The van der Waals surface area contributed by atoms with Gasteiger partial charge in [-0.2, -0.15) is 0 Å². The summed E-state index contributed by atoms with van der Waals surface area (Å²) in [6, 6.07) is 11.6. The molecule has 0 radical (unpaired) electrons. The quantitative estimate of drug-likeness (QED) is 0.696. The number of rotatable bonds is 6. The van der Waals surface area contributed by atoms with E-state index in [9.17, 15) is 4.79 Å². The number of hydrogen-bond donors (Lipinski definition) is 2. The highest BCUT2D eigenvalue weighted by molar-refractivity contribution is 6.30. The molecule has 32 heavy (non-hydrogen) atoms. The molecule has 2 aromatic rings. The largest absolute Gasteiger partial charge is 0.497 e. The van der Waals surface area contributed by atoms with Crippen molar-refractivity contribution in [1.82, 2.24) is 15.5 Å². The molecule has 1 unspecified atom stereocenters. The Morgan fingerprint density at radius 2 is 2.00 bits per heavy atom. The molecule has 0 aromatic heterocycles. The maximum absolute atomic E-state index is 12.4. The third-order valence-electron chi connectivity index (χ3n) is 6.11. The number of benzene rings is 2. The van der Waals surface area contributed by atoms with Crippen molar-refractivity contribution in [3.05, 3.63) is 52.5 Å². The van der Waals surface area contributed by atoms with Crippen LogP contribution in [0.1, 0.15) is 11.1 Å². The number of piperazine rings is 1. The van der Waals surface area contributed by atoms with E-state index >= 15 is 0 Å². The monoisotopic (exact) mass is 458 g/mol. The summed E-state index contributed by atoms with van der Waals surface area (Å²) in [6.45, 7) is 7.86. The first-order valence-corrected chi connectivity index (χ1v) is 11.5. The van der Waals surface area contributed by atoms with Crippen LogP contribution in [0.15, 0.2) is 36.4 Å². The Bertz CT molecular complexity index is 947. The molecular formula is C24H31ClN4O3. The van der Waals surface area contributed by atoms with Gasteiger partial charge in [0.15, 0.2) is 0 Å². The molecule has 1 fully saturated rings. The number of anilines is 1. The summed E-state index contributed by atoms with van der Waals surface area (Å²) in [5.74, 6) is 1.65. The first-order chi connectivity index (χ1) is 15.5. The van der Waals surface area contributed by atoms with Gasteiger partial charge in [-0.05, 0) is 54.8 Å². The second-order valence-electron chi connectivity index (χ2n) is 8.35. The molecule has 0 saturated carbocycles. The molecule has 2 N–H and O–H groups in total. The number of halogens is 1.